The molecule has 0 unspecified atom stereocenters. The van der Waals surface area contributed by atoms with E-state index in [1.165, 1.54) is 0 Å². The molecule has 0 aliphatic heterocycles. The van der Waals surface area contributed by atoms with Crippen molar-refractivity contribution in [2.75, 3.05) is 0 Å². The maximum Gasteiger partial charge on any atom is 0.123 e. The molecule has 1 nitrogen and oxygen atoms in total. The van der Waals surface area contributed by atoms with Crippen LogP contribution in [0.5, 0.6) is 0 Å². The maximum atomic E-state index is 10.2. The number of hydrogen-bond acceptors (Lipinski definition) is 1. The Morgan fingerprint density at radius 3 is 2.80 bits per heavy atom. The summed E-state index contributed by atoms with van der Waals surface area (Å²) in [6.45, 7) is 5.66. The minimum Gasteiger partial charge on any atom is -0.234 e. The van der Waals surface area contributed by atoms with E-state index in [9.17, 15) is 4.79 Å². The molecule has 0 atom stereocenters. The molecule has 0 bridgehead atoms. The van der Waals surface area contributed by atoms with Crippen LogP contribution in [0.15, 0.2) is 18.2 Å². The highest BCUT2D eigenvalue weighted by Gasteiger charge is 1.93. The Bertz CT molecular complexity index is 141. The average molecular weight is 138 g/mol. The Labute approximate surface area is 62.4 Å². The van der Waals surface area contributed by atoms with E-state index in [-0.39, 0.29) is 0 Å². The van der Waals surface area contributed by atoms with Crippen molar-refractivity contribution in [3.8, 4) is 0 Å². The molecule has 0 rings (SSSR count). The molecule has 0 amide bonds. The molecule has 0 spiro atoms. The largest absolute Gasteiger partial charge is 0.234 e. The molecule has 10 heavy (non-hydrogen) atoms. The summed E-state index contributed by atoms with van der Waals surface area (Å²) in [5, 5.41) is 0. The van der Waals surface area contributed by atoms with Crippen molar-refractivity contribution in [2.24, 2.45) is 0 Å². The van der Waals surface area contributed by atoms with Crippen molar-refractivity contribution < 1.29 is 4.79 Å². The van der Waals surface area contributed by atoms with Crippen LogP contribution in [-0.2, 0) is 4.79 Å². The Morgan fingerprint density at radius 1 is 1.70 bits per heavy atom. The van der Waals surface area contributed by atoms with Gasteiger partial charge >= 0.3 is 0 Å². The van der Waals surface area contributed by atoms with Gasteiger partial charge in [0, 0.05) is 5.57 Å². The molecule has 56 valence electrons. The molecule has 0 aromatic carbocycles. The van der Waals surface area contributed by atoms with Gasteiger partial charge in [-0.2, -0.15) is 0 Å². The number of allylic oxidation sites excluding steroid dienone is 2. The highest BCUT2D eigenvalue weighted by molar-refractivity contribution is 5.52. The van der Waals surface area contributed by atoms with Crippen LogP contribution >= 0.6 is 0 Å². The van der Waals surface area contributed by atoms with Gasteiger partial charge in [-0.3, -0.25) is 0 Å². The van der Waals surface area contributed by atoms with Crippen molar-refractivity contribution >= 4 is 5.94 Å². The molecule has 0 saturated carbocycles. The third-order valence-electron chi connectivity index (χ3n) is 1.37. The molecular formula is C9H14O. The smallest absolute Gasteiger partial charge is 0.123 e. The van der Waals surface area contributed by atoms with Gasteiger partial charge in [0.05, 0.1) is 0 Å². The van der Waals surface area contributed by atoms with E-state index in [4.69, 9.17) is 0 Å². The zero-order valence-corrected chi connectivity index (χ0v) is 6.52. The lowest BCUT2D eigenvalue weighted by molar-refractivity contribution is 0.564. The van der Waals surface area contributed by atoms with E-state index >= 15 is 0 Å². The maximum absolute atomic E-state index is 10.2. The van der Waals surface area contributed by atoms with Crippen LogP contribution in [0.2, 0.25) is 0 Å². The zero-order valence-electron chi connectivity index (χ0n) is 6.52. The van der Waals surface area contributed by atoms with Gasteiger partial charge in [0.15, 0.2) is 0 Å². The fourth-order valence-electron chi connectivity index (χ4n) is 0.759. The second-order valence-corrected chi connectivity index (χ2v) is 2.30. The standard InChI is InChI=1S/C9H14O/c1-3-5-7-9(8-10)6-4-2/h4H,2-3,5-7H2,1H3. The normalized spacial score (nSPS) is 8.50. The van der Waals surface area contributed by atoms with Crippen LogP contribution in [0.4, 0.5) is 0 Å². The van der Waals surface area contributed by atoms with Crippen LogP contribution in [0.1, 0.15) is 32.6 Å². The number of rotatable bonds is 5. The minimum absolute atomic E-state index is 0.698. The van der Waals surface area contributed by atoms with Crippen molar-refractivity contribution in [1.29, 1.82) is 0 Å². The molecule has 0 heterocycles. The first-order valence-electron chi connectivity index (χ1n) is 3.68. The van der Waals surface area contributed by atoms with Crippen molar-refractivity contribution in [1.82, 2.24) is 0 Å². The topological polar surface area (TPSA) is 17.1 Å². The highest BCUT2D eigenvalue weighted by Crippen LogP contribution is 2.07. The van der Waals surface area contributed by atoms with E-state index in [1.54, 1.807) is 6.08 Å². The van der Waals surface area contributed by atoms with Crippen molar-refractivity contribution in [2.45, 2.75) is 32.6 Å². The quantitative estimate of drug-likeness (QED) is 0.421. The monoisotopic (exact) mass is 138 g/mol. The minimum atomic E-state index is 0.698. The average Bonchev–Trinajstić information content (AvgIpc) is 1.98. The molecule has 0 aromatic heterocycles. The molecule has 0 fully saturated rings. The Kier molecular flexibility index (Phi) is 5.80. The second-order valence-electron chi connectivity index (χ2n) is 2.30. The lowest BCUT2D eigenvalue weighted by Crippen LogP contribution is -1.82. The summed E-state index contributed by atoms with van der Waals surface area (Å²) in [6.07, 6.45) is 5.53. The highest BCUT2D eigenvalue weighted by atomic mass is 16.1. The first-order chi connectivity index (χ1) is 4.85. The van der Waals surface area contributed by atoms with Crippen LogP contribution in [-0.4, -0.2) is 5.94 Å². The summed E-state index contributed by atoms with van der Waals surface area (Å²) in [5.41, 5.74) is 0.844. The predicted molar refractivity (Wildman–Crippen MR) is 43.5 cm³/mol. The van der Waals surface area contributed by atoms with E-state index in [0.29, 0.717) is 6.42 Å². The molecule has 0 aromatic rings. The fourth-order valence-corrected chi connectivity index (χ4v) is 0.759. The zero-order chi connectivity index (χ0) is 7.82. The van der Waals surface area contributed by atoms with Crippen LogP contribution in [0.3, 0.4) is 0 Å². The molecule has 1 heteroatoms. The summed E-state index contributed by atoms with van der Waals surface area (Å²) >= 11 is 0. The number of unbranched alkanes of at least 4 members (excludes halogenated alkanes) is 1. The summed E-state index contributed by atoms with van der Waals surface area (Å²) in [6, 6.07) is 0. The molecule has 0 aliphatic rings. The first kappa shape index (κ1) is 9.19. The molecule has 0 aliphatic carbocycles. The van der Waals surface area contributed by atoms with Crippen LogP contribution < -0.4 is 0 Å². The van der Waals surface area contributed by atoms with Gasteiger partial charge in [-0.25, -0.2) is 4.79 Å². The molecular weight excluding hydrogens is 124 g/mol. The molecule has 0 radical (unpaired) electrons. The summed E-state index contributed by atoms with van der Waals surface area (Å²) < 4.78 is 0. The van der Waals surface area contributed by atoms with E-state index < -0.39 is 0 Å². The van der Waals surface area contributed by atoms with Gasteiger partial charge < -0.3 is 0 Å². The Morgan fingerprint density at radius 2 is 2.40 bits per heavy atom. The van der Waals surface area contributed by atoms with Gasteiger partial charge in [-0.15, -0.1) is 6.58 Å². The lowest BCUT2D eigenvalue weighted by atomic mass is 10.1. The van der Waals surface area contributed by atoms with E-state index in [1.807, 2.05) is 5.94 Å². The third kappa shape index (κ3) is 4.11. The van der Waals surface area contributed by atoms with Gasteiger partial charge in [-0.05, 0) is 19.3 Å². The summed E-state index contributed by atoms with van der Waals surface area (Å²) in [7, 11) is 0. The molecule has 0 N–H and O–H groups in total. The van der Waals surface area contributed by atoms with Crippen molar-refractivity contribution in [3.63, 3.8) is 0 Å². The molecule has 0 saturated heterocycles. The van der Waals surface area contributed by atoms with Crippen LogP contribution in [0.25, 0.3) is 0 Å². The summed E-state index contributed by atoms with van der Waals surface area (Å²) in [5.74, 6) is 1.93. The van der Waals surface area contributed by atoms with Crippen molar-refractivity contribution in [3.05, 3.63) is 18.2 Å². The van der Waals surface area contributed by atoms with Gasteiger partial charge in [-0.1, -0.05) is 19.4 Å². The Hall–Kier alpha value is -0.810. The predicted octanol–water partition coefficient (Wildman–Crippen LogP) is 2.51. The number of hydrogen-bond donors (Lipinski definition) is 0. The van der Waals surface area contributed by atoms with E-state index in [0.717, 1.165) is 24.8 Å². The van der Waals surface area contributed by atoms with Gasteiger partial charge in [0.25, 0.3) is 0 Å². The first-order valence-corrected chi connectivity index (χ1v) is 3.68. The third-order valence-corrected chi connectivity index (χ3v) is 1.37. The lowest BCUT2D eigenvalue weighted by Gasteiger charge is -1.95. The van der Waals surface area contributed by atoms with Gasteiger partial charge in [0.1, 0.15) is 5.94 Å². The summed E-state index contributed by atoms with van der Waals surface area (Å²) in [4.78, 5) is 10.2. The van der Waals surface area contributed by atoms with E-state index in [2.05, 4.69) is 13.5 Å². The van der Waals surface area contributed by atoms with Gasteiger partial charge in [0.2, 0.25) is 0 Å². The number of carbonyl (C=O) groups excluding carboxylic acids is 1. The SMILES string of the molecule is C=CCC(=C=O)CCCC. The van der Waals surface area contributed by atoms with Crippen LogP contribution in [0, 0.1) is 0 Å². The second kappa shape index (κ2) is 6.31. The Balaban J connectivity index is 3.62. The fraction of sp³-hybridized carbons (Fsp3) is 0.556.